The zero-order chi connectivity index (χ0) is 11.2. The van der Waals surface area contributed by atoms with Crippen LogP contribution in [0.25, 0.3) is 0 Å². The number of hydrogen-bond acceptors (Lipinski definition) is 3. The number of nitrogens with zero attached hydrogens (tertiary/aromatic N) is 1. The first-order valence-electron chi connectivity index (χ1n) is 5.57. The van der Waals surface area contributed by atoms with E-state index in [1.807, 2.05) is 18.2 Å². The SMILES string of the molecule is N#Cc1cccc(COC2CCOCC2)c1. The highest BCUT2D eigenvalue weighted by molar-refractivity contribution is 5.32. The Hall–Kier alpha value is -1.37. The van der Waals surface area contributed by atoms with Gasteiger partial charge in [0.15, 0.2) is 0 Å². The average molecular weight is 217 g/mol. The van der Waals surface area contributed by atoms with Crippen molar-refractivity contribution in [1.82, 2.24) is 0 Å². The van der Waals surface area contributed by atoms with Crippen LogP contribution in [0.2, 0.25) is 0 Å². The predicted molar refractivity (Wildman–Crippen MR) is 59.8 cm³/mol. The van der Waals surface area contributed by atoms with Gasteiger partial charge in [-0.05, 0) is 30.5 Å². The van der Waals surface area contributed by atoms with E-state index in [4.69, 9.17) is 14.7 Å². The van der Waals surface area contributed by atoms with Gasteiger partial charge in [-0.3, -0.25) is 0 Å². The third kappa shape index (κ3) is 3.06. The summed E-state index contributed by atoms with van der Waals surface area (Å²) in [5.74, 6) is 0. The van der Waals surface area contributed by atoms with Crippen molar-refractivity contribution in [3.05, 3.63) is 35.4 Å². The highest BCUT2D eigenvalue weighted by Gasteiger charge is 2.13. The number of hydrogen-bond donors (Lipinski definition) is 0. The summed E-state index contributed by atoms with van der Waals surface area (Å²) in [7, 11) is 0. The maximum absolute atomic E-state index is 8.77. The first-order chi connectivity index (χ1) is 7.88. The van der Waals surface area contributed by atoms with E-state index >= 15 is 0 Å². The summed E-state index contributed by atoms with van der Waals surface area (Å²) in [5.41, 5.74) is 1.75. The van der Waals surface area contributed by atoms with Gasteiger partial charge >= 0.3 is 0 Å². The lowest BCUT2D eigenvalue weighted by molar-refractivity contribution is -0.0390. The normalized spacial score (nSPS) is 16.9. The molecule has 1 heterocycles. The Morgan fingerprint density at radius 1 is 1.38 bits per heavy atom. The van der Waals surface area contributed by atoms with Crippen LogP contribution in [-0.4, -0.2) is 19.3 Å². The third-order valence-corrected chi connectivity index (χ3v) is 2.71. The number of ether oxygens (including phenoxy) is 2. The molecule has 3 heteroatoms. The summed E-state index contributed by atoms with van der Waals surface area (Å²) in [5, 5.41) is 8.77. The molecule has 1 aliphatic heterocycles. The monoisotopic (exact) mass is 217 g/mol. The Kier molecular flexibility index (Phi) is 3.92. The molecule has 16 heavy (non-hydrogen) atoms. The van der Waals surface area contributed by atoms with Gasteiger partial charge in [0, 0.05) is 13.2 Å². The standard InChI is InChI=1S/C13H15NO2/c14-9-11-2-1-3-12(8-11)10-16-13-4-6-15-7-5-13/h1-3,8,13H,4-7,10H2. The van der Waals surface area contributed by atoms with Gasteiger partial charge in [0.1, 0.15) is 0 Å². The second-order valence-electron chi connectivity index (χ2n) is 3.93. The zero-order valence-electron chi connectivity index (χ0n) is 9.19. The molecule has 1 aromatic carbocycles. The molecule has 0 unspecified atom stereocenters. The molecule has 0 spiro atoms. The lowest BCUT2D eigenvalue weighted by Gasteiger charge is -2.22. The topological polar surface area (TPSA) is 42.2 Å². The van der Waals surface area contributed by atoms with Crippen LogP contribution in [0.15, 0.2) is 24.3 Å². The van der Waals surface area contributed by atoms with Crippen LogP contribution >= 0.6 is 0 Å². The van der Waals surface area contributed by atoms with Crippen LogP contribution in [0.1, 0.15) is 24.0 Å². The molecule has 84 valence electrons. The second-order valence-corrected chi connectivity index (χ2v) is 3.93. The zero-order valence-corrected chi connectivity index (χ0v) is 9.19. The fourth-order valence-electron chi connectivity index (χ4n) is 1.79. The smallest absolute Gasteiger partial charge is 0.0991 e. The molecule has 3 nitrogen and oxygen atoms in total. The van der Waals surface area contributed by atoms with Gasteiger partial charge in [-0.1, -0.05) is 12.1 Å². The molecule has 1 aromatic rings. The molecular weight excluding hydrogens is 202 g/mol. The summed E-state index contributed by atoms with van der Waals surface area (Å²) in [6.45, 7) is 2.17. The first-order valence-corrected chi connectivity index (χ1v) is 5.57. The van der Waals surface area contributed by atoms with E-state index in [0.717, 1.165) is 31.6 Å². The summed E-state index contributed by atoms with van der Waals surface area (Å²) in [4.78, 5) is 0. The van der Waals surface area contributed by atoms with Crippen LogP contribution < -0.4 is 0 Å². The average Bonchev–Trinajstić information content (AvgIpc) is 2.38. The van der Waals surface area contributed by atoms with E-state index in [1.54, 1.807) is 6.07 Å². The highest BCUT2D eigenvalue weighted by Crippen LogP contribution is 2.13. The minimum absolute atomic E-state index is 0.305. The van der Waals surface area contributed by atoms with Gasteiger partial charge in [0.25, 0.3) is 0 Å². The fourth-order valence-corrected chi connectivity index (χ4v) is 1.79. The van der Waals surface area contributed by atoms with Gasteiger partial charge in [0.05, 0.1) is 24.3 Å². The Morgan fingerprint density at radius 2 is 2.19 bits per heavy atom. The molecule has 0 bridgehead atoms. The van der Waals surface area contributed by atoms with Crippen molar-refractivity contribution in [2.45, 2.75) is 25.6 Å². The van der Waals surface area contributed by atoms with Crippen molar-refractivity contribution in [1.29, 1.82) is 5.26 Å². The van der Waals surface area contributed by atoms with Crippen molar-refractivity contribution < 1.29 is 9.47 Å². The Morgan fingerprint density at radius 3 is 2.94 bits per heavy atom. The third-order valence-electron chi connectivity index (χ3n) is 2.71. The fraction of sp³-hybridized carbons (Fsp3) is 0.462. The minimum Gasteiger partial charge on any atom is -0.381 e. The quantitative estimate of drug-likeness (QED) is 0.779. The minimum atomic E-state index is 0.305. The van der Waals surface area contributed by atoms with E-state index in [1.165, 1.54) is 0 Å². The molecule has 0 aromatic heterocycles. The Labute approximate surface area is 95.6 Å². The molecule has 0 N–H and O–H groups in total. The second kappa shape index (κ2) is 5.64. The molecular formula is C13H15NO2. The van der Waals surface area contributed by atoms with E-state index in [-0.39, 0.29) is 0 Å². The van der Waals surface area contributed by atoms with Crippen molar-refractivity contribution in [3.8, 4) is 6.07 Å². The highest BCUT2D eigenvalue weighted by atomic mass is 16.5. The lowest BCUT2D eigenvalue weighted by Crippen LogP contribution is -2.23. The van der Waals surface area contributed by atoms with E-state index in [0.29, 0.717) is 18.3 Å². The molecule has 0 aliphatic carbocycles. The van der Waals surface area contributed by atoms with Gasteiger partial charge in [-0.2, -0.15) is 5.26 Å². The van der Waals surface area contributed by atoms with E-state index in [9.17, 15) is 0 Å². The van der Waals surface area contributed by atoms with Crippen LogP contribution in [-0.2, 0) is 16.1 Å². The predicted octanol–water partition coefficient (Wildman–Crippen LogP) is 2.25. The molecule has 0 radical (unpaired) electrons. The summed E-state index contributed by atoms with van der Waals surface area (Å²) >= 11 is 0. The van der Waals surface area contributed by atoms with Crippen LogP contribution in [0.3, 0.4) is 0 Å². The van der Waals surface area contributed by atoms with Crippen LogP contribution in [0.5, 0.6) is 0 Å². The summed E-state index contributed by atoms with van der Waals surface area (Å²) in [6.07, 6.45) is 2.25. The molecule has 0 atom stereocenters. The van der Waals surface area contributed by atoms with E-state index in [2.05, 4.69) is 6.07 Å². The molecule has 1 fully saturated rings. The van der Waals surface area contributed by atoms with Crippen molar-refractivity contribution >= 4 is 0 Å². The van der Waals surface area contributed by atoms with Crippen molar-refractivity contribution in [2.75, 3.05) is 13.2 Å². The maximum Gasteiger partial charge on any atom is 0.0991 e. The largest absolute Gasteiger partial charge is 0.381 e. The first kappa shape index (κ1) is 11.1. The Bertz CT molecular complexity index is 378. The number of nitriles is 1. The van der Waals surface area contributed by atoms with Crippen molar-refractivity contribution in [3.63, 3.8) is 0 Å². The lowest BCUT2D eigenvalue weighted by atomic mass is 10.1. The molecule has 0 amide bonds. The summed E-state index contributed by atoms with van der Waals surface area (Å²) < 4.78 is 11.0. The van der Waals surface area contributed by atoms with Gasteiger partial charge in [-0.15, -0.1) is 0 Å². The maximum atomic E-state index is 8.77. The van der Waals surface area contributed by atoms with Crippen LogP contribution in [0.4, 0.5) is 0 Å². The molecule has 1 aliphatic rings. The van der Waals surface area contributed by atoms with E-state index < -0.39 is 0 Å². The number of rotatable bonds is 3. The molecule has 2 rings (SSSR count). The van der Waals surface area contributed by atoms with Gasteiger partial charge in [-0.25, -0.2) is 0 Å². The van der Waals surface area contributed by atoms with Crippen molar-refractivity contribution in [2.24, 2.45) is 0 Å². The molecule has 0 saturated carbocycles. The van der Waals surface area contributed by atoms with Crippen LogP contribution in [0, 0.1) is 11.3 Å². The Balaban J connectivity index is 1.86. The summed E-state index contributed by atoms with van der Waals surface area (Å²) in [6, 6.07) is 9.68. The number of benzene rings is 1. The molecule has 1 saturated heterocycles. The van der Waals surface area contributed by atoms with Gasteiger partial charge < -0.3 is 9.47 Å². The van der Waals surface area contributed by atoms with Gasteiger partial charge in [0.2, 0.25) is 0 Å².